The number of nitrogens with zero attached hydrogens (tertiary/aromatic N) is 2. The second-order valence-corrected chi connectivity index (χ2v) is 5.52. The molecule has 0 aromatic heterocycles. The molecule has 3 heterocycles. The summed E-state index contributed by atoms with van der Waals surface area (Å²) in [4.78, 5) is 28.1. The lowest BCUT2D eigenvalue weighted by atomic mass is 10.0. The zero-order valence-electron chi connectivity index (χ0n) is 11.2. The zero-order chi connectivity index (χ0) is 13.7. The maximum Gasteiger partial charge on any atom is 0.254 e. The summed E-state index contributed by atoms with van der Waals surface area (Å²) in [5.74, 6) is 0.222. The van der Waals surface area contributed by atoms with Crippen LogP contribution in [-0.2, 0) is 22.4 Å². The van der Waals surface area contributed by atoms with Gasteiger partial charge >= 0.3 is 0 Å². The van der Waals surface area contributed by atoms with Gasteiger partial charge < -0.3 is 14.5 Å². The normalized spacial score (nSPS) is 20.5. The van der Waals surface area contributed by atoms with Crippen molar-refractivity contribution in [2.24, 2.45) is 0 Å². The average molecular weight is 272 g/mol. The van der Waals surface area contributed by atoms with Gasteiger partial charge in [-0.3, -0.25) is 9.59 Å². The maximum absolute atomic E-state index is 12.5. The zero-order valence-corrected chi connectivity index (χ0v) is 11.2. The van der Waals surface area contributed by atoms with Crippen LogP contribution in [0.1, 0.15) is 21.5 Å². The molecular weight excluding hydrogens is 256 g/mol. The van der Waals surface area contributed by atoms with Crippen molar-refractivity contribution in [3.63, 3.8) is 0 Å². The molecule has 20 heavy (non-hydrogen) atoms. The van der Waals surface area contributed by atoms with E-state index in [4.69, 9.17) is 4.74 Å². The summed E-state index contributed by atoms with van der Waals surface area (Å²) in [6.45, 7) is 3.27. The van der Waals surface area contributed by atoms with E-state index in [0.29, 0.717) is 32.7 Å². The fraction of sp³-hybridized carbons (Fsp3) is 0.467. The fourth-order valence-corrected chi connectivity index (χ4v) is 3.36. The molecule has 1 saturated heterocycles. The molecule has 0 radical (unpaired) electrons. The first-order valence-corrected chi connectivity index (χ1v) is 7.07. The third-order valence-electron chi connectivity index (χ3n) is 4.33. The van der Waals surface area contributed by atoms with Crippen LogP contribution in [0, 0.1) is 0 Å². The molecule has 0 saturated carbocycles. The third-order valence-corrected chi connectivity index (χ3v) is 4.33. The SMILES string of the molecule is O=C(c1cc2c3c(c1)CC(=O)N3CC2)N1CCOCC1. The molecule has 1 aromatic carbocycles. The predicted molar refractivity (Wildman–Crippen MR) is 72.9 cm³/mol. The second kappa shape index (κ2) is 4.31. The van der Waals surface area contributed by atoms with Crippen LogP contribution in [0.2, 0.25) is 0 Å². The molecule has 0 spiro atoms. The van der Waals surface area contributed by atoms with E-state index in [0.717, 1.165) is 35.3 Å². The van der Waals surface area contributed by atoms with Crippen LogP contribution < -0.4 is 4.90 Å². The predicted octanol–water partition coefficient (Wildman–Crippen LogP) is 0.604. The Morgan fingerprint density at radius 1 is 1.10 bits per heavy atom. The Morgan fingerprint density at radius 2 is 1.85 bits per heavy atom. The van der Waals surface area contributed by atoms with E-state index in [-0.39, 0.29) is 11.8 Å². The Hall–Kier alpha value is -1.88. The van der Waals surface area contributed by atoms with Gasteiger partial charge in [0.05, 0.1) is 25.3 Å². The molecule has 0 aliphatic carbocycles. The monoisotopic (exact) mass is 272 g/mol. The van der Waals surface area contributed by atoms with Crippen molar-refractivity contribution in [3.05, 3.63) is 28.8 Å². The molecule has 104 valence electrons. The molecule has 5 nitrogen and oxygen atoms in total. The van der Waals surface area contributed by atoms with Gasteiger partial charge in [0.15, 0.2) is 0 Å². The lowest BCUT2D eigenvalue weighted by molar-refractivity contribution is -0.117. The van der Waals surface area contributed by atoms with Gasteiger partial charge in [-0.2, -0.15) is 0 Å². The highest BCUT2D eigenvalue weighted by Gasteiger charge is 2.35. The minimum Gasteiger partial charge on any atom is -0.378 e. The number of amides is 2. The van der Waals surface area contributed by atoms with E-state index in [1.165, 1.54) is 0 Å². The molecule has 1 fully saturated rings. The van der Waals surface area contributed by atoms with Gasteiger partial charge in [0, 0.05) is 25.2 Å². The van der Waals surface area contributed by atoms with Crippen molar-refractivity contribution in [3.8, 4) is 0 Å². The van der Waals surface area contributed by atoms with Crippen LogP contribution in [0.3, 0.4) is 0 Å². The van der Waals surface area contributed by atoms with Crippen molar-refractivity contribution in [2.75, 3.05) is 37.7 Å². The van der Waals surface area contributed by atoms with Gasteiger partial charge in [0.25, 0.3) is 5.91 Å². The highest BCUT2D eigenvalue weighted by molar-refractivity contribution is 6.05. The van der Waals surface area contributed by atoms with E-state index >= 15 is 0 Å². The largest absolute Gasteiger partial charge is 0.378 e. The van der Waals surface area contributed by atoms with Gasteiger partial charge in [0.2, 0.25) is 5.91 Å². The Labute approximate surface area is 117 Å². The molecule has 1 aromatic rings. The number of anilines is 1. The highest BCUT2D eigenvalue weighted by atomic mass is 16.5. The first kappa shape index (κ1) is 11.9. The van der Waals surface area contributed by atoms with Crippen molar-refractivity contribution in [1.82, 2.24) is 4.90 Å². The first-order valence-electron chi connectivity index (χ1n) is 7.07. The van der Waals surface area contributed by atoms with E-state index in [1.807, 2.05) is 21.9 Å². The number of morpholine rings is 1. The number of benzene rings is 1. The Kier molecular flexibility index (Phi) is 2.57. The van der Waals surface area contributed by atoms with E-state index in [2.05, 4.69) is 0 Å². The molecular formula is C15H16N2O3. The van der Waals surface area contributed by atoms with Gasteiger partial charge in [0.1, 0.15) is 0 Å². The van der Waals surface area contributed by atoms with E-state index in [1.54, 1.807) is 0 Å². The third kappa shape index (κ3) is 1.66. The van der Waals surface area contributed by atoms with Crippen LogP contribution in [0.25, 0.3) is 0 Å². The molecule has 2 amide bonds. The number of hydrogen-bond donors (Lipinski definition) is 0. The van der Waals surface area contributed by atoms with Gasteiger partial charge in [-0.1, -0.05) is 0 Å². The Morgan fingerprint density at radius 3 is 2.65 bits per heavy atom. The molecule has 0 bridgehead atoms. The topological polar surface area (TPSA) is 49.9 Å². The van der Waals surface area contributed by atoms with Gasteiger partial charge in [-0.05, 0) is 29.7 Å². The molecule has 0 unspecified atom stereocenters. The molecule has 3 aliphatic heterocycles. The molecule has 5 heteroatoms. The first-order chi connectivity index (χ1) is 9.74. The summed E-state index contributed by atoms with van der Waals surface area (Å²) in [7, 11) is 0. The summed E-state index contributed by atoms with van der Waals surface area (Å²) in [5.41, 5.74) is 3.94. The van der Waals surface area contributed by atoms with Crippen molar-refractivity contribution >= 4 is 17.5 Å². The number of carbonyl (C=O) groups excluding carboxylic acids is 2. The van der Waals surface area contributed by atoms with Crippen LogP contribution in [0.5, 0.6) is 0 Å². The number of hydrogen-bond acceptors (Lipinski definition) is 3. The number of rotatable bonds is 1. The van der Waals surface area contributed by atoms with Crippen molar-refractivity contribution < 1.29 is 14.3 Å². The maximum atomic E-state index is 12.5. The second-order valence-electron chi connectivity index (χ2n) is 5.52. The van der Waals surface area contributed by atoms with Crippen LogP contribution in [0.15, 0.2) is 12.1 Å². The summed E-state index contributed by atoms with van der Waals surface area (Å²) in [5, 5.41) is 0. The Bertz CT molecular complexity index is 605. The van der Waals surface area contributed by atoms with Crippen LogP contribution in [-0.4, -0.2) is 49.6 Å². The number of carbonyl (C=O) groups is 2. The summed E-state index contributed by atoms with van der Waals surface area (Å²) in [6, 6.07) is 3.87. The highest BCUT2D eigenvalue weighted by Crippen LogP contribution is 2.38. The minimum atomic E-state index is 0.0603. The Balaban J connectivity index is 1.69. The molecule has 0 atom stereocenters. The standard InChI is InChI=1S/C15H16N2O3/c18-13-9-11-8-12(7-10-1-2-17(13)14(10)11)15(19)16-3-5-20-6-4-16/h7-8H,1-6,9H2. The van der Waals surface area contributed by atoms with E-state index in [9.17, 15) is 9.59 Å². The van der Waals surface area contributed by atoms with Crippen molar-refractivity contribution in [2.45, 2.75) is 12.8 Å². The number of ether oxygens (including phenoxy) is 1. The lowest BCUT2D eigenvalue weighted by Gasteiger charge is -2.27. The van der Waals surface area contributed by atoms with E-state index < -0.39 is 0 Å². The van der Waals surface area contributed by atoms with Gasteiger partial charge in [-0.15, -0.1) is 0 Å². The molecule has 0 N–H and O–H groups in total. The fourth-order valence-electron chi connectivity index (χ4n) is 3.36. The van der Waals surface area contributed by atoms with Gasteiger partial charge in [-0.25, -0.2) is 0 Å². The summed E-state index contributed by atoms with van der Waals surface area (Å²) in [6.07, 6.45) is 1.30. The molecule has 4 rings (SSSR count). The quantitative estimate of drug-likeness (QED) is 0.752. The van der Waals surface area contributed by atoms with Crippen LogP contribution in [0.4, 0.5) is 5.69 Å². The van der Waals surface area contributed by atoms with Crippen molar-refractivity contribution in [1.29, 1.82) is 0 Å². The lowest BCUT2D eigenvalue weighted by Crippen LogP contribution is -2.40. The minimum absolute atomic E-state index is 0.0603. The smallest absolute Gasteiger partial charge is 0.254 e. The average Bonchev–Trinajstić information content (AvgIpc) is 3.04. The molecule has 3 aliphatic rings. The summed E-state index contributed by atoms with van der Waals surface area (Å²) < 4.78 is 5.28. The summed E-state index contributed by atoms with van der Waals surface area (Å²) >= 11 is 0. The van der Waals surface area contributed by atoms with Crippen LogP contribution >= 0.6 is 0 Å².